The molecule has 0 heterocycles. The molecule has 0 spiro atoms. The van der Waals surface area contributed by atoms with Crippen molar-refractivity contribution in [1.29, 1.82) is 0 Å². The zero-order valence-electron chi connectivity index (χ0n) is 9.23. The molecular weight excluding hydrogens is 220 g/mol. The molecule has 0 fully saturated rings. The van der Waals surface area contributed by atoms with Gasteiger partial charge in [-0.1, -0.05) is 20.8 Å². The van der Waals surface area contributed by atoms with E-state index < -0.39 is 22.2 Å². The van der Waals surface area contributed by atoms with E-state index in [1.54, 1.807) is 20.8 Å². The monoisotopic (exact) mass is 238 g/mol. The van der Waals surface area contributed by atoms with E-state index in [0.29, 0.717) is 13.1 Å². The predicted molar refractivity (Wildman–Crippen MR) is 56.7 cm³/mol. The molecule has 7 heteroatoms. The highest BCUT2D eigenvalue weighted by Gasteiger charge is 2.25. The topological polar surface area (TPSA) is 86.7 Å². The molecule has 0 aliphatic rings. The lowest BCUT2D eigenvalue weighted by molar-refractivity contribution is -0.139. The molecule has 0 aliphatic carbocycles. The Morgan fingerprint density at radius 2 is 1.80 bits per heavy atom. The summed E-state index contributed by atoms with van der Waals surface area (Å²) in [6.07, 6.45) is 0.218. The van der Waals surface area contributed by atoms with Crippen molar-refractivity contribution in [3.05, 3.63) is 0 Å². The van der Waals surface area contributed by atoms with E-state index in [9.17, 15) is 13.2 Å². The molecule has 0 amide bonds. The maximum Gasteiger partial charge on any atom is 0.321 e. The van der Waals surface area contributed by atoms with Crippen LogP contribution in [0.4, 0.5) is 0 Å². The molecule has 0 unspecified atom stereocenters. The number of carboxylic acid groups (broad SMARTS) is 1. The Kier molecular flexibility index (Phi) is 5.77. The summed E-state index contributed by atoms with van der Waals surface area (Å²) >= 11 is 0. The van der Waals surface area contributed by atoms with Crippen LogP contribution in [0.15, 0.2) is 0 Å². The fourth-order valence-corrected chi connectivity index (χ4v) is 2.58. The molecule has 6 nitrogen and oxygen atoms in total. The maximum absolute atomic E-state index is 11.6. The normalized spacial score (nSPS) is 14.1. The van der Waals surface area contributed by atoms with Crippen LogP contribution in [0, 0.1) is 0 Å². The number of hydrogen-bond acceptors (Lipinski definition) is 3. The van der Waals surface area contributed by atoms with Crippen LogP contribution in [-0.2, 0) is 15.0 Å². The molecule has 0 bridgehead atoms. The van der Waals surface area contributed by atoms with Gasteiger partial charge in [0, 0.05) is 13.1 Å². The van der Waals surface area contributed by atoms with Crippen LogP contribution in [-0.4, -0.2) is 42.9 Å². The van der Waals surface area contributed by atoms with Gasteiger partial charge in [0.2, 0.25) is 0 Å². The Morgan fingerprint density at radius 3 is 2.07 bits per heavy atom. The third-order valence-electron chi connectivity index (χ3n) is 2.04. The number of rotatable bonds is 7. The van der Waals surface area contributed by atoms with Gasteiger partial charge in [-0.3, -0.25) is 4.79 Å². The van der Waals surface area contributed by atoms with E-state index in [2.05, 4.69) is 4.72 Å². The molecular formula is C8H18N2O4S. The number of carboxylic acids is 1. The van der Waals surface area contributed by atoms with Crippen LogP contribution in [0.3, 0.4) is 0 Å². The van der Waals surface area contributed by atoms with Crippen molar-refractivity contribution in [2.75, 3.05) is 13.1 Å². The van der Waals surface area contributed by atoms with Crippen LogP contribution in [0.5, 0.6) is 0 Å². The first-order valence-corrected chi connectivity index (χ1v) is 6.33. The largest absolute Gasteiger partial charge is 0.480 e. The second kappa shape index (κ2) is 6.04. The Morgan fingerprint density at radius 1 is 1.33 bits per heavy atom. The van der Waals surface area contributed by atoms with Crippen molar-refractivity contribution >= 4 is 16.2 Å². The molecule has 90 valence electrons. The molecule has 0 aromatic rings. The summed E-state index contributed by atoms with van der Waals surface area (Å²) in [6, 6.07) is -1.06. The van der Waals surface area contributed by atoms with Crippen molar-refractivity contribution in [3.8, 4) is 0 Å². The summed E-state index contributed by atoms with van der Waals surface area (Å²) < 4.78 is 26.6. The van der Waals surface area contributed by atoms with Gasteiger partial charge in [-0.25, -0.2) is 0 Å². The summed E-state index contributed by atoms with van der Waals surface area (Å²) in [4.78, 5) is 10.7. The second-order valence-electron chi connectivity index (χ2n) is 3.01. The molecule has 0 rings (SSSR count). The Bertz CT molecular complexity index is 298. The smallest absolute Gasteiger partial charge is 0.321 e. The van der Waals surface area contributed by atoms with E-state index in [4.69, 9.17) is 5.11 Å². The number of carbonyl (C=O) groups is 1. The van der Waals surface area contributed by atoms with Crippen molar-refractivity contribution in [2.45, 2.75) is 33.2 Å². The quantitative estimate of drug-likeness (QED) is 0.655. The lowest BCUT2D eigenvalue weighted by Gasteiger charge is -2.21. The van der Waals surface area contributed by atoms with Crippen molar-refractivity contribution < 1.29 is 18.3 Å². The van der Waals surface area contributed by atoms with Gasteiger partial charge in [0.1, 0.15) is 6.04 Å². The molecule has 0 saturated heterocycles. The zero-order chi connectivity index (χ0) is 12.1. The first kappa shape index (κ1) is 14.3. The van der Waals surface area contributed by atoms with Gasteiger partial charge >= 0.3 is 5.97 Å². The average Bonchev–Trinajstić information content (AvgIpc) is 2.15. The summed E-state index contributed by atoms with van der Waals surface area (Å²) in [5, 5.41) is 8.72. The van der Waals surface area contributed by atoms with Gasteiger partial charge in [0.05, 0.1) is 0 Å². The standard InChI is InChI=1S/C8H18N2O4S/c1-4-7(8(11)12)9-15(13,14)10(5-2)6-3/h7,9H,4-6H2,1-3H3,(H,11,12)/t7-/m0/s1. The number of hydrogen-bond donors (Lipinski definition) is 2. The van der Waals surface area contributed by atoms with Crippen molar-refractivity contribution in [1.82, 2.24) is 9.03 Å². The molecule has 1 atom stereocenters. The molecule has 0 aromatic carbocycles. The summed E-state index contributed by atoms with van der Waals surface area (Å²) in [5.41, 5.74) is 0. The van der Waals surface area contributed by atoms with Gasteiger partial charge in [0.25, 0.3) is 10.2 Å². The van der Waals surface area contributed by atoms with Crippen LogP contribution < -0.4 is 4.72 Å². The molecule has 0 saturated carbocycles. The third kappa shape index (κ3) is 4.15. The first-order valence-electron chi connectivity index (χ1n) is 4.89. The number of nitrogens with zero attached hydrogens (tertiary/aromatic N) is 1. The molecule has 0 aliphatic heterocycles. The lowest BCUT2D eigenvalue weighted by Crippen LogP contribution is -2.47. The highest BCUT2D eigenvalue weighted by atomic mass is 32.2. The van der Waals surface area contributed by atoms with Gasteiger partial charge in [-0.2, -0.15) is 17.4 Å². The van der Waals surface area contributed by atoms with E-state index in [-0.39, 0.29) is 6.42 Å². The van der Waals surface area contributed by atoms with Crippen LogP contribution in [0.1, 0.15) is 27.2 Å². The van der Waals surface area contributed by atoms with Gasteiger partial charge in [0.15, 0.2) is 0 Å². The SMILES string of the molecule is CC[C@H](NS(=O)(=O)N(CC)CC)C(=O)O. The van der Waals surface area contributed by atoms with Crippen LogP contribution in [0.25, 0.3) is 0 Å². The van der Waals surface area contributed by atoms with E-state index >= 15 is 0 Å². The minimum atomic E-state index is -3.68. The van der Waals surface area contributed by atoms with Gasteiger partial charge in [-0.05, 0) is 6.42 Å². The molecule has 15 heavy (non-hydrogen) atoms. The average molecular weight is 238 g/mol. The lowest BCUT2D eigenvalue weighted by atomic mass is 10.2. The summed E-state index contributed by atoms with van der Waals surface area (Å²) in [5.74, 6) is -1.16. The maximum atomic E-state index is 11.6. The first-order chi connectivity index (χ1) is 6.88. The fourth-order valence-electron chi connectivity index (χ4n) is 1.13. The van der Waals surface area contributed by atoms with E-state index in [1.807, 2.05) is 0 Å². The highest BCUT2D eigenvalue weighted by Crippen LogP contribution is 2.01. The Hall–Kier alpha value is -0.660. The van der Waals surface area contributed by atoms with Crippen LogP contribution >= 0.6 is 0 Å². The van der Waals surface area contributed by atoms with E-state index in [0.717, 1.165) is 0 Å². The van der Waals surface area contributed by atoms with E-state index in [1.165, 1.54) is 4.31 Å². The summed E-state index contributed by atoms with van der Waals surface area (Å²) in [7, 11) is -3.68. The minimum absolute atomic E-state index is 0.218. The highest BCUT2D eigenvalue weighted by molar-refractivity contribution is 7.87. The zero-order valence-corrected chi connectivity index (χ0v) is 10.0. The number of nitrogens with one attached hydrogen (secondary N) is 1. The Balaban J connectivity index is 4.68. The predicted octanol–water partition coefficient (Wildman–Crippen LogP) is 0.0258. The molecule has 0 aromatic heterocycles. The summed E-state index contributed by atoms with van der Waals surface area (Å²) in [6.45, 7) is 5.65. The van der Waals surface area contributed by atoms with Gasteiger partial charge in [-0.15, -0.1) is 0 Å². The fraction of sp³-hybridized carbons (Fsp3) is 0.875. The Labute approximate surface area is 90.5 Å². The van der Waals surface area contributed by atoms with Crippen molar-refractivity contribution in [3.63, 3.8) is 0 Å². The molecule has 2 N–H and O–H groups in total. The molecule has 0 radical (unpaired) electrons. The minimum Gasteiger partial charge on any atom is -0.480 e. The van der Waals surface area contributed by atoms with Crippen LogP contribution in [0.2, 0.25) is 0 Å². The van der Waals surface area contributed by atoms with Crippen molar-refractivity contribution in [2.24, 2.45) is 0 Å². The number of aliphatic carboxylic acids is 1. The third-order valence-corrected chi connectivity index (χ3v) is 3.82. The second-order valence-corrected chi connectivity index (χ2v) is 4.71. The van der Waals surface area contributed by atoms with Gasteiger partial charge < -0.3 is 5.11 Å².